The molecule has 2 N–H and O–H groups in total. The lowest BCUT2D eigenvalue weighted by atomic mass is 9.96. The van der Waals surface area contributed by atoms with Crippen molar-refractivity contribution in [3.8, 4) is 0 Å². The van der Waals surface area contributed by atoms with Gasteiger partial charge in [0, 0.05) is 0 Å². The Kier molecular flexibility index (Phi) is 2.58. The second-order valence-corrected chi connectivity index (χ2v) is 5.42. The molecule has 66 valence electrons. The summed E-state index contributed by atoms with van der Waals surface area (Å²) in [7, 11) is 0. The van der Waals surface area contributed by atoms with Crippen molar-refractivity contribution >= 4 is 34.1 Å². The Morgan fingerprint density at radius 3 is 2.42 bits per heavy atom. The Labute approximate surface area is 82.3 Å². The zero-order valence-electron chi connectivity index (χ0n) is 7.42. The topological polar surface area (TPSA) is 38.4 Å². The maximum atomic E-state index is 5.65. The monoisotopic (exact) mass is 200 g/mol. The molecule has 0 radical (unpaired) electrons. The van der Waals surface area contributed by atoms with Gasteiger partial charge in [-0.3, -0.25) is 0 Å². The first kappa shape index (κ1) is 9.74. The van der Waals surface area contributed by atoms with E-state index in [1.54, 1.807) is 0 Å². The van der Waals surface area contributed by atoms with E-state index >= 15 is 0 Å². The number of allylic oxidation sites excluding steroid dienone is 1. The second-order valence-electron chi connectivity index (χ2n) is 3.74. The van der Waals surface area contributed by atoms with E-state index in [2.05, 4.69) is 31.8 Å². The molecule has 0 aromatic rings. The summed E-state index contributed by atoms with van der Waals surface area (Å²) in [5.74, 6) is 0.555. The van der Waals surface area contributed by atoms with Crippen molar-refractivity contribution in [2.24, 2.45) is 16.1 Å². The largest absolute Gasteiger partial charge is 0.383 e. The van der Waals surface area contributed by atoms with Crippen molar-refractivity contribution in [2.75, 3.05) is 0 Å². The highest BCUT2D eigenvalue weighted by Gasteiger charge is 2.18. The van der Waals surface area contributed by atoms with Gasteiger partial charge in [0.1, 0.15) is 5.84 Å². The molecule has 0 spiro atoms. The van der Waals surface area contributed by atoms with Gasteiger partial charge >= 0.3 is 0 Å². The van der Waals surface area contributed by atoms with E-state index in [0.717, 1.165) is 4.91 Å². The minimum absolute atomic E-state index is 0.127. The van der Waals surface area contributed by atoms with Crippen LogP contribution in [0.25, 0.3) is 0 Å². The highest BCUT2D eigenvalue weighted by atomic mass is 32.2. The molecule has 0 aliphatic carbocycles. The lowest BCUT2D eigenvalue weighted by molar-refractivity contribution is 0.544. The Bertz CT molecular complexity index is 271. The van der Waals surface area contributed by atoms with E-state index in [0.29, 0.717) is 10.2 Å². The van der Waals surface area contributed by atoms with Gasteiger partial charge in [-0.05, 0) is 5.41 Å². The summed E-state index contributed by atoms with van der Waals surface area (Å²) in [4.78, 5) is 4.97. The van der Waals surface area contributed by atoms with Crippen LogP contribution in [0, 0.1) is 5.41 Å². The highest BCUT2D eigenvalue weighted by molar-refractivity contribution is 8.26. The molecule has 12 heavy (non-hydrogen) atoms. The molecule has 0 unspecified atom stereocenters. The summed E-state index contributed by atoms with van der Waals surface area (Å²) >= 11 is 6.38. The highest BCUT2D eigenvalue weighted by Crippen LogP contribution is 2.30. The molecule has 0 atom stereocenters. The van der Waals surface area contributed by atoms with Crippen LogP contribution in [0.4, 0.5) is 0 Å². The average molecular weight is 200 g/mol. The number of thioether (sulfide) groups is 1. The third kappa shape index (κ3) is 2.60. The summed E-state index contributed by atoms with van der Waals surface area (Å²) in [5, 5.41) is 0. The zero-order valence-corrected chi connectivity index (χ0v) is 9.05. The van der Waals surface area contributed by atoms with E-state index in [1.165, 1.54) is 11.8 Å². The molecule has 0 aromatic heterocycles. The second kappa shape index (κ2) is 3.18. The quantitative estimate of drug-likeness (QED) is 0.610. The van der Waals surface area contributed by atoms with Gasteiger partial charge in [0.15, 0.2) is 4.32 Å². The summed E-state index contributed by atoms with van der Waals surface area (Å²) < 4.78 is 0.614. The number of hydrogen-bond donors (Lipinski definition) is 1. The first-order chi connectivity index (χ1) is 5.38. The molecule has 1 heterocycles. The number of hydrogen-bond acceptors (Lipinski definition) is 3. The van der Waals surface area contributed by atoms with E-state index in [1.807, 2.05) is 0 Å². The van der Waals surface area contributed by atoms with Gasteiger partial charge in [-0.2, -0.15) is 0 Å². The van der Waals surface area contributed by atoms with Gasteiger partial charge in [0.05, 0.1) is 4.91 Å². The number of nitrogens with zero attached hydrogens (tertiary/aromatic N) is 1. The molecule has 1 rings (SSSR count). The Morgan fingerprint density at radius 1 is 1.50 bits per heavy atom. The van der Waals surface area contributed by atoms with Crippen molar-refractivity contribution in [3.63, 3.8) is 0 Å². The molecule has 0 amide bonds. The molecule has 0 fully saturated rings. The van der Waals surface area contributed by atoms with E-state index in [9.17, 15) is 0 Å². The molecule has 0 aromatic carbocycles. The average Bonchev–Trinajstić information content (AvgIpc) is 2.06. The minimum atomic E-state index is 0.127. The smallest absolute Gasteiger partial charge is 0.167 e. The van der Waals surface area contributed by atoms with Crippen LogP contribution in [0.3, 0.4) is 0 Å². The third-order valence-corrected chi connectivity index (χ3v) is 2.38. The number of thiocarbonyl (C=S) groups is 1. The van der Waals surface area contributed by atoms with Crippen molar-refractivity contribution in [1.82, 2.24) is 0 Å². The number of aliphatic imine (C=N–C) groups is 1. The summed E-state index contributed by atoms with van der Waals surface area (Å²) in [6, 6.07) is 0. The van der Waals surface area contributed by atoms with Crippen molar-refractivity contribution in [3.05, 3.63) is 11.0 Å². The molecule has 0 bridgehead atoms. The van der Waals surface area contributed by atoms with Crippen LogP contribution in [-0.2, 0) is 0 Å². The van der Waals surface area contributed by atoms with E-state index < -0.39 is 0 Å². The fraction of sp³-hybridized carbons (Fsp3) is 0.500. The molecule has 2 nitrogen and oxygen atoms in total. The van der Waals surface area contributed by atoms with Crippen LogP contribution in [0.5, 0.6) is 0 Å². The van der Waals surface area contributed by atoms with Gasteiger partial charge in [-0.15, -0.1) is 0 Å². The van der Waals surface area contributed by atoms with Crippen molar-refractivity contribution in [2.45, 2.75) is 20.8 Å². The van der Waals surface area contributed by atoms with E-state index in [-0.39, 0.29) is 5.41 Å². The maximum Gasteiger partial charge on any atom is 0.167 e. The normalized spacial score (nSPS) is 21.8. The molecular formula is C8H12N2S2. The standard InChI is InChI=1S/C8H12N2S2/c1-8(2,3)4-5-6(9)10-7(11)12-5/h4H,1-3H3,(H2,9,10,11)/b5-4-. The number of nitrogens with two attached hydrogens (primary N) is 1. The Balaban J connectivity index is 2.87. The first-order valence-electron chi connectivity index (χ1n) is 3.68. The predicted molar refractivity (Wildman–Crippen MR) is 59.3 cm³/mol. The lowest BCUT2D eigenvalue weighted by Crippen LogP contribution is -2.12. The van der Waals surface area contributed by atoms with Crippen LogP contribution in [0.15, 0.2) is 16.0 Å². The van der Waals surface area contributed by atoms with E-state index in [4.69, 9.17) is 18.0 Å². The first-order valence-corrected chi connectivity index (χ1v) is 4.90. The van der Waals surface area contributed by atoms with Crippen molar-refractivity contribution < 1.29 is 0 Å². The predicted octanol–water partition coefficient (Wildman–Crippen LogP) is 2.31. The molecule has 1 aliphatic heterocycles. The van der Waals surface area contributed by atoms with Crippen LogP contribution < -0.4 is 5.73 Å². The Morgan fingerprint density at radius 2 is 2.08 bits per heavy atom. The third-order valence-electron chi connectivity index (χ3n) is 1.23. The SMILES string of the molecule is CC(C)(C)/C=C1\SC(=S)N=C1N. The van der Waals surface area contributed by atoms with Gasteiger partial charge in [-0.25, -0.2) is 4.99 Å². The fourth-order valence-electron chi connectivity index (χ4n) is 0.819. The van der Waals surface area contributed by atoms with Crippen LogP contribution in [0.2, 0.25) is 0 Å². The van der Waals surface area contributed by atoms with Gasteiger partial charge in [0.25, 0.3) is 0 Å². The van der Waals surface area contributed by atoms with Crippen LogP contribution in [-0.4, -0.2) is 10.2 Å². The summed E-state index contributed by atoms with van der Waals surface area (Å²) in [6.45, 7) is 6.36. The van der Waals surface area contributed by atoms with Crippen LogP contribution >= 0.6 is 24.0 Å². The molecule has 1 aliphatic rings. The lowest BCUT2D eigenvalue weighted by Gasteiger charge is -2.12. The van der Waals surface area contributed by atoms with Gasteiger partial charge < -0.3 is 5.73 Å². The molecule has 0 saturated heterocycles. The Hall–Kier alpha value is -0.350. The van der Waals surface area contributed by atoms with Crippen LogP contribution in [0.1, 0.15) is 20.8 Å². The van der Waals surface area contributed by atoms with Crippen molar-refractivity contribution in [1.29, 1.82) is 0 Å². The maximum absolute atomic E-state index is 5.65. The minimum Gasteiger partial charge on any atom is -0.383 e. The number of rotatable bonds is 0. The number of amidine groups is 1. The molecular weight excluding hydrogens is 188 g/mol. The molecule has 4 heteroatoms. The zero-order chi connectivity index (χ0) is 9.35. The fourth-order valence-corrected chi connectivity index (χ4v) is 2.08. The van der Waals surface area contributed by atoms with Gasteiger partial charge in [0.2, 0.25) is 0 Å². The van der Waals surface area contributed by atoms with Gasteiger partial charge in [-0.1, -0.05) is 50.8 Å². The summed E-state index contributed by atoms with van der Waals surface area (Å²) in [5.41, 5.74) is 5.78. The molecule has 0 saturated carbocycles. The summed E-state index contributed by atoms with van der Waals surface area (Å²) in [6.07, 6.45) is 2.09.